The van der Waals surface area contributed by atoms with Gasteiger partial charge in [0.25, 0.3) is 0 Å². The summed E-state index contributed by atoms with van der Waals surface area (Å²) in [6.07, 6.45) is 1.94. The molecule has 3 heteroatoms. The number of nitrogens with zero attached hydrogens (tertiary/aromatic N) is 1. The third kappa shape index (κ3) is 2.52. The molecule has 0 amide bonds. The van der Waals surface area contributed by atoms with Crippen molar-refractivity contribution in [1.29, 1.82) is 0 Å². The molecule has 0 aliphatic rings. The largest absolute Gasteiger partial charge is 0.340 e. The van der Waals surface area contributed by atoms with Gasteiger partial charge in [0.15, 0.2) is 5.78 Å². The van der Waals surface area contributed by atoms with Gasteiger partial charge in [-0.05, 0) is 24.3 Å². The molecule has 1 aromatic carbocycles. The second-order valence-corrected chi connectivity index (χ2v) is 5.76. The minimum Gasteiger partial charge on any atom is -0.340 e. The van der Waals surface area contributed by atoms with Gasteiger partial charge in [0.1, 0.15) is 0 Å². The monoisotopic (exact) mass is 249 g/mol. The number of ketones is 1. The fourth-order valence-electron chi connectivity index (χ4n) is 1.70. The first kappa shape index (κ1) is 12.2. The molecule has 90 valence electrons. The molecule has 0 saturated heterocycles. The van der Waals surface area contributed by atoms with Crippen molar-refractivity contribution < 1.29 is 4.79 Å². The zero-order chi connectivity index (χ0) is 12.6. The molecular formula is C14H16ClNO. The van der Waals surface area contributed by atoms with Gasteiger partial charge in [0.05, 0.1) is 6.54 Å². The second-order valence-electron chi connectivity index (χ2n) is 5.32. The topological polar surface area (TPSA) is 22.0 Å². The summed E-state index contributed by atoms with van der Waals surface area (Å²) in [5.41, 5.74) is 0.746. The summed E-state index contributed by atoms with van der Waals surface area (Å²) < 4.78 is 1.97. The lowest BCUT2D eigenvalue weighted by atomic mass is 9.91. The highest BCUT2D eigenvalue weighted by Gasteiger charge is 2.21. The van der Waals surface area contributed by atoms with E-state index in [0.29, 0.717) is 6.54 Å². The average Bonchev–Trinajstić information content (AvgIpc) is 2.59. The Morgan fingerprint density at radius 2 is 2.00 bits per heavy atom. The van der Waals surface area contributed by atoms with Crippen LogP contribution in [0.25, 0.3) is 10.9 Å². The smallest absolute Gasteiger partial charge is 0.157 e. The summed E-state index contributed by atoms with van der Waals surface area (Å²) in [5.74, 6) is 0.227. The van der Waals surface area contributed by atoms with Crippen LogP contribution < -0.4 is 0 Å². The normalized spacial score (nSPS) is 12.0. The maximum absolute atomic E-state index is 12.0. The zero-order valence-corrected chi connectivity index (χ0v) is 11.1. The van der Waals surface area contributed by atoms with Crippen molar-refractivity contribution in [3.8, 4) is 0 Å². The Morgan fingerprint density at radius 1 is 1.29 bits per heavy atom. The summed E-state index contributed by atoms with van der Waals surface area (Å²) in [5, 5.41) is 1.79. The summed E-state index contributed by atoms with van der Waals surface area (Å²) >= 11 is 5.93. The predicted octanol–water partition coefficient (Wildman–Crippen LogP) is 3.91. The van der Waals surface area contributed by atoms with Crippen LogP contribution in [-0.4, -0.2) is 10.4 Å². The Labute approximate surface area is 106 Å². The van der Waals surface area contributed by atoms with Crippen molar-refractivity contribution in [1.82, 2.24) is 4.57 Å². The highest BCUT2D eigenvalue weighted by atomic mass is 35.5. The van der Waals surface area contributed by atoms with Crippen LogP contribution in [0.1, 0.15) is 20.8 Å². The van der Waals surface area contributed by atoms with E-state index in [1.807, 2.05) is 55.8 Å². The molecule has 0 N–H and O–H groups in total. The second kappa shape index (κ2) is 4.19. The molecule has 0 aliphatic carbocycles. The Bertz CT molecular complexity index is 563. The minimum atomic E-state index is -0.303. The molecule has 1 aromatic heterocycles. The molecule has 0 atom stereocenters. The number of fused-ring (bicyclic) bond motifs is 1. The van der Waals surface area contributed by atoms with Crippen LogP contribution in [-0.2, 0) is 11.3 Å². The zero-order valence-electron chi connectivity index (χ0n) is 10.3. The number of benzene rings is 1. The van der Waals surface area contributed by atoms with Crippen LogP contribution in [0.2, 0.25) is 5.02 Å². The number of halogens is 1. The third-order valence-electron chi connectivity index (χ3n) is 2.88. The van der Waals surface area contributed by atoms with Gasteiger partial charge in [-0.2, -0.15) is 0 Å². The summed E-state index contributed by atoms with van der Waals surface area (Å²) in [7, 11) is 0. The van der Waals surface area contributed by atoms with Gasteiger partial charge in [-0.15, -0.1) is 0 Å². The van der Waals surface area contributed by atoms with Crippen LogP contribution >= 0.6 is 11.6 Å². The van der Waals surface area contributed by atoms with Gasteiger partial charge in [0, 0.05) is 27.5 Å². The average molecular weight is 250 g/mol. The van der Waals surface area contributed by atoms with E-state index in [0.717, 1.165) is 15.9 Å². The van der Waals surface area contributed by atoms with Gasteiger partial charge >= 0.3 is 0 Å². The van der Waals surface area contributed by atoms with Crippen molar-refractivity contribution in [2.75, 3.05) is 0 Å². The summed E-state index contributed by atoms with van der Waals surface area (Å²) in [4.78, 5) is 12.0. The molecule has 0 radical (unpaired) electrons. The lowest BCUT2D eigenvalue weighted by Gasteiger charge is -2.17. The Hall–Kier alpha value is -1.28. The van der Waals surface area contributed by atoms with Crippen molar-refractivity contribution in [2.45, 2.75) is 27.3 Å². The molecule has 2 aromatic rings. The molecule has 0 spiro atoms. The quantitative estimate of drug-likeness (QED) is 0.791. The van der Waals surface area contributed by atoms with Gasteiger partial charge in [-0.1, -0.05) is 32.4 Å². The maximum Gasteiger partial charge on any atom is 0.157 e. The molecule has 0 fully saturated rings. The SMILES string of the molecule is CC(C)(C)C(=O)Cn1ccc2cc(Cl)ccc21. The van der Waals surface area contributed by atoms with Crippen molar-refractivity contribution in [2.24, 2.45) is 5.41 Å². The van der Waals surface area contributed by atoms with Gasteiger partial charge in [0.2, 0.25) is 0 Å². The highest BCUT2D eigenvalue weighted by Crippen LogP contribution is 2.22. The van der Waals surface area contributed by atoms with Crippen LogP contribution in [0.15, 0.2) is 30.5 Å². The standard InChI is InChI=1S/C14H16ClNO/c1-14(2,3)13(17)9-16-7-6-10-8-11(15)4-5-12(10)16/h4-8H,9H2,1-3H3. The molecule has 0 aliphatic heterocycles. The van der Waals surface area contributed by atoms with E-state index in [-0.39, 0.29) is 11.2 Å². The van der Waals surface area contributed by atoms with Gasteiger partial charge < -0.3 is 4.57 Å². The van der Waals surface area contributed by atoms with E-state index in [4.69, 9.17) is 11.6 Å². The number of carbonyl (C=O) groups excluding carboxylic acids is 1. The molecule has 0 saturated carbocycles. The first-order valence-electron chi connectivity index (χ1n) is 5.65. The first-order valence-corrected chi connectivity index (χ1v) is 6.03. The Balaban J connectivity index is 2.35. The summed E-state index contributed by atoms with van der Waals surface area (Å²) in [6.45, 7) is 6.24. The van der Waals surface area contributed by atoms with Crippen molar-refractivity contribution in [3.63, 3.8) is 0 Å². The van der Waals surface area contributed by atoms with Crippen LogP contribution in [0.4, 0.5) is 0 Å². The molecule has 2 rings (SSSR count). The fourth-order valence-corrected chi connectivity index (χ4v) is 1.88. The van der Waals surface area contributed by atoms with E-state index in [2.05, 4.69) is 0 Å². The molecule has 17 heavy (non-hydrogen) atoms. The third-order valence-corrected chi connectivity index (χ3v) is 3.12. The van der Waals surface area contributed by atoms with E-state index in [1.165, 1.54) is 0 Å². The first-order chi connectivity index (χ1) is 7.88. The van der Waals surface area contributed by atoms with E-state index >= 15 is 0 Å². The number of carbonyl (C=O) groups is 1. The van der Waals surface area contributed by atoms with Crippen LogP contribution in [0, 0.1) is 5.41 Å². The number of rotatable bonds is 2. The lowest BCUT2D eigenvalue weighted by Crippen LogP contribution is -2.24. The highest BCUT2D eigenvalue weighted by molar-refractivity contribution is 6.31. The number of hydrogen-bond donors (Lipinski definition) is 0. The fraction of sp³-hybridized carbons (Fsp3) is 0.357. The lowest BCUT2D eigenvalue weighted by molar-refractivity contribution is -0.126. The van der Waals surface area contributed by atoms with E-state index < -0.39 is 0 Å². The molecule has 0 bridgehead atoms. The molecule has 1 heterocycles. The van der Waals surface area contributed by atoms with Crippen LogP contribution in [0.5, 0.6) is 0 Å². The van der Waals surface area contributed by atoms with Crippen molar-refractivity contribution >= 4 is 28.3 Å². The van der Waals surface area contributed by atoms with Gasteiger partial charge in [-0.3, -0.25) is 4.79 Å². The Morgan fingerprint density at radius 3 is 2.65 bits per heavy atom. The van der Waals surface area contributed by atoms with Gasteiger partial charge in [-0.25, -0.2) is 0 Å². The number of hydrogen-bond acceptors (Lipinski definition) is 1. The van der Waals surface area contributed by atoms with Crippen LogP contribution in [0.3, 0.4) is 0 Å². The molecule has 2 nitrogen and oxygen atoms in total. The number of Topliss-reactive ketones (excluding diaryl/α,β-unsaturated/α-hetero) is 1. The Kier molecular flexibility index (Phi) is 3.00. The maximum atomic E-state index is 12.0. The van der Waals surface area contributed by atoms with E-state index in [9.17, 15) is 4.79 Å². The summed E-state index contributed by atoms with van der Waals surface area (Å²) in [6, 6.07) is 7.70. The van der Waals surface area contributed by atoms with E-state index in [1.54, 1.807) is 0 Å². The molecular weight excluding hydrogens is 234 g/mol. The molecule has 0 unspecified atom stereocenters. The van der Waals surface area contributed by atoms with Crippen molar-refractivity contribution in [3.05, 3.63) is 35.5 Å². The number of aromatic nitrogens is 1. The minimum absolute atomic E-state index is 0.227. The predicted molar refractivity (Wildman–Crippen MR) is 71.4 cm³/mol.